The van der Waals surface area contributed by atoms with Crippen LogP contribution < -0.4 is 15.5 Å². The number of nitrogens with one attached hydrogen (secondary N) is 2. The Hall–Kier alpha value is -2.82. The van der Waals surface area contributed by atoms with Gasteiger partial charge in [0.15, 0.2) is 0 Å². The molecule has 1 aliphatic heterocycles. The summed E-state index contributed by atoms with van der Waals surface area (Å²) in [5.41, 5.74) is 3.25. The lowest BCUT2D eigenvalue weighted by atomic mass is 10.1. The number of hydrogen-bond donors (Lipinski definition) is 2. The fraction of sp³-hybridized carbons (Fsp3) is 0.300. The molecule has 1 aromatic carbocycles. The van der Waals surface area contributed by atoms with Gasteiger partial charge in [-0.15, -0.1) is 6.58 Å². The summed E-state index contributed by atoms with van der Waals surface area (Å²) < 4.78 is 0. The summed E-state index contributed by atoms with van der Waals surface area (Å²) in [7, 11) is 0. The van der Waals surface area contributed by atoms with Crippen molar-refractivity contribution in [1.29, 1.82) is 0 Å². The predicted octanol–water partition coefficient (Wildman–Crippen LogP) is 3.92. The average molecular weight is 336 g/mol. The Balaban J connectivity index is 1.59. The maximum Gasteiger partial charge on any atom is 0.274 e. The van der Waals surface area contributed by atoms with Crippen LogP contribution in [0.1, 0.15) is 29.8 Å². The van der Waals surface area contributed by atoms with E-state index in [9.17, 15) is 4.79 Å². The number of aromatic nitrogens is 1. The Labute approximate surface area is 148 Å². The Morgan fingerprint density at radius 3 is 2.44 bits per heavy atom. The molecule has 1 aromatic heterocycles. The number of carbonyl (C=O) groups is 1. The number of benzene rings is 1. The molecule has 2 aromatic rings. The Morgan fingerprint density at radius 1 is 1.08 bits per heavy atom. The third-order valence-electron chi connectivity index (χ3n) is 4.29. The highest BCUT2D eigenvalue weighted by atomic mass is 16.1. The molecule has 0 spiro atoms. The third-order valence-corrected chi connectivity index (χ3v) is 4.29. The van der Waals surface area contributed by atoms with Crippen LogP contribution in [-0.2, 0) is 0 Å². The van der Waals surface area contributed by atoms with E-state index in [2.05, 4.69) is 39.2 Å². The maximum atomic E-state index is 12.3. The topological polar surface area (TPSA) is 57.3 Å². The van der Waals surface area contributed by atoms with Gasteiger partial charge in [0.1, 0.15) is 5.69 Å². The Bertz CT molecular complexity index is 703. The van der Waals surface area contributed by atoms with Gasteiger partial charge in [0, 0.05) is 31.0 Å². The molecule has 2 N–H and O–H groups in total. The van der Waals surface area contributed by atoms with Crippen LogP contribution >= 0.6 is 0 Å². The average Bonchev–Trinajstić information content (AvgIpc) is 2.68. The van der Waals surface area contributed by atoms with E-state index < -0.39 is 0 Å². The zero-order valence-corrected chi connectivity index (χ0v) is 14.4. The molecule has 2 heterocycles. The zero-order chi connectivity index (χ0) is 17.5. The van der Waals surface area contributed by atoms with Gasteiger partial charge in [-0.2, -0.15) is 0 Å². The highest BCUT2D eigenvalue weighted by Gasteiger charge is 2.11. The van der Waals surface area contributed by atoms with Crippen molar-refractivity contribution < 1.29 is 4.79 Å². The molecule has 5 nitrogen and oxygen atoms in total. The summed E-state index contributed by atoms with van der Waals surface area (Å²) in [4.78, 5) is 18.9. The minimum absolute atomic E-state index is 0.207. The SMILES string of the molecule is C=CCNc1ccc(C(=O)Nc2ccc(N3CCCCC3)cc2)nc1. The fourth-order valence-corrected chi connectivity index (χ4v) is 2.93. The van der Waals surface area contributed by atoms with Crippen molar-refractivity contribution >= 4 is 23.0 Å². The molecular formula is C20H24N4O. The second-order valence-corrected chi connectivity index (χ2v) is 6.15. The second-order valence-electron chi connectivity index (χ2n) is 6.15. The molecular weight excluding hydrogens is 312 g/mol. The molecule has 0 saturated carbocycles. The van der Waals surface area contributed by atoms with Crippen molar-refractivity contribution in [3.63, 3.8) is 0 Å². The van der Waals surface area contributed by atoms with E-state index in [0.717, 1.165) is 24.5 Å². The van der Waals surface area contributed by atoms with Crippen LogP contribution in [-0.4, -0.2) is 30.5 Å². The summed E-state index contributed by atoms with van der Waals surface area (Å²) in [6.45, 7) is 6.54. The Morgan fingerprint density at radius 2 is 1.80 bits per heavy atom. The Kier molecular flexibility index (Phi) is 5.67. The molecule has 0 aliphatic carbocycles. The van der Waals surface area contributed by atoms with Crippen molar-refractivity contribution in [1.82, 2.24) is 4.98 Å². The number of amides is 1. The molecule has 0 unspecified atom stereocenters. The van der Waals surface area contributed by atoms with E-state index in [1.165, 1.54) is 24.9 Å². The largest absolute Gasteiger partial charge is 0.380 e. The lowest BCUT2D eigenvalue weighted by Gasteiger charge is -2.28. The lowest BCUT2D eigenvalue weighted by molar-refractivity contribution is 0.102. The van der Waals surface area contributed by atoms with E-state index >= 15 is 0 Å². The van der Waals surface area contributed by atoms with Gasteiger partial charge in [0.25, 0.3) is 5.91 Å². The van der Waals surface area contributed by atoms with E-state index in [0.29, 0.717) is 12.2 Å². The molecule has 0 atom stereocenters. The first-order valence-corrected chi connectivity index (χ1v) is 8.73. The van der Waals surface area contributed by atoms with Crippen LogP contribution in [0.3, 0.4) is 0 Å². The number of piperidine rings is 1. The van der Waals surface area contributed by atoms with E-state index in [4.69, 9.17) is 0 Å². The van der Waals surface area contributed by atoms with E-state index in [1.54, 1.807) is 18.3 Å². The highest BCUT2D eigenvalue weighted by Crippen LogP contribution is 2.22. The molecule has 5 heteroatoms. The predicted molar refractivity (Wildman–Crippen MR) is 103 cm³/mol. The van der Waals surface area contributed by atoms with Gasteiger partial charge in [-0.1, -0.05) is 6.08 Å². The summed E-state index contributed by atoms with van der Waals surface area (Å²) in [5.74, 6) is -0.207. The van der Waals surface area contributed by atoms with Crippen molar-refractivity contribution in [2.45, 2.75) is 19.3 Å². The third kappa shape index (κ3) is 4.59. The number of nitrogens with zero attached hydrogens (tertiary/aromatic N) is 2. The van der Waals surface area contributed by atoms with Gasteiger partial charge in [0.2, 0.25) is 0 Å². The van der Waals surface area contributed by atoms with Crippen molar-refractivity contribution in [2.24, 2.45) is 0 Å². The van der Waals surface area contributed by atoms with Crippen LogP contribution in [0.5, 0.6) is 0 Å². The molecule has 1 amide bonds. The first kappa shape index (κ1) is 17.0. The summed E-state index contributed by atoms with van der Waals surface area (Å²) in [6, 6.07) is 11.6. The highest BCUT2D eigenvalue weighted by molar-refractivity contribution is 6.03. The van der Waals surface area contributed by atoms with Crippen LogP contribution in [0.15, 0.2) is 55.3 Å². The quantitative estimate of drug-likeness (QED) is 0.785. The maximum absolute atomic E-state index is 12.3. The number of rotatable bonds is 6. The summed E-state index contributed by atoms with van der Waals surface area (Å²) in [6.07, 6.45) is 7.25. The molecule has 1 fully saturated rings. The van der Waals surface area contributed by atoms with Gasteiger partial charge >= 0.3 is 0 Å². The lowest BCUT2D eigenvalue weighted by Crippen LogP contribution is -2.29. The molecule has 130 valence electrons. The molecule has 25 heavy (non-hydrogen) atoms. The monoisotopic (exact) mass is 336 g/mol. The molecule has 3 rings (SSSR count). The second kappa shape index (κ2) is 8.33. The molecule has 1 saturated heterocycles. The number of hydrogen-bond acceptors (Lipinski definition) is 4. The number of anilines is 3. The summed E-state index contributed by atoms with van der Waals surface area (Å²) >= 11 is 0. The first-order chi connectivity index (χ1) is 12.3. The molecule has 1 aliphatic rings. The van der Waals surface area contributed by atoms with Crippen molar-refractivity contribution in [3.8, 4) is 0 Å². The number of pyridine rings is 1. The van der Waals surface area contributed by atoms with E-state index in [1.807, 2.05) is 18.2 Å². The minimum Gasteiger partial charge on any atom is -0.380 e. The van der Waals surface area contributed by atoms with Crippen LogP contribution in [0, 0.1) is 0 Å². The summed E-state index contributed by atoms with van der Waals surface area (Å²) in [5, 5.41) is 6.03. The van der Waals surface area contributed by atoms with Crippen LogP contribution in [0.25, 0.3) is 0 Å². The molecule has 0 radical (unpaired) electrons. The minimum atomic E-state index is -0.207. The standard InChI is InChI=1S/C20H24N4O/c1-2-12-21-17-8-11-19(22-15-17)20(25)23-16-6-9-18(10-7-16)24-13-4-3-5-14-24/h2,6-11,15,21H,1,3-5,12-14H2,(H,23,25). The first-order valence-electron chi connectivity index (χ1n) is 8.73. The van der Waals surface area contributed by atoms with Crippen molar-refractivity contribution in [2.75, 3.05) is 35.2 Å². The van der Waals surface area contributed by atoms with Gasteiger partial charge < -0.3 is 15.5 Å². The van der Waals surface area contributed by atoms with Crippen LogP contribution in [0.4, 0.5) is 17.1 Å². The van der Waals surface area contributed by atoms with Gasteiger partial charge in [-0.25, -0.2) is 4.98 Å². The van der Waals surface area contributed by atoms with Gasteiger partial charge in [-0.05, 0) is 55.7 Å². The van der Waals surface area contributed by atoms with Gasteiger partial charge in [-0.3, -0.25) is 4.79 Å². The van der Waals surface area contributed by atoms with Gasteiger partial charge in [0.05, 0.1) is 11.9 Å². The normalized spacial score (nSPS) is 14.0. The smallest absolute Gasteiger partial charge is 0.274 e. The van der Waals surface area contributed by atoms with Crippen molar-refractivity contribution in [3.05, 3.63) is 60.9 Å². The fourth-order valence-electron chi connectivity index (χ4n) is 2.93. The van der Waals surface area contributed by atoms with Crippen LogP contribution in [0.2, 0.25) is 0 Å². The molecule has 0 bridgehead atoms. The zero-order valence-electron chi connectivity index (χ0n) is 14.4. The van der Waals surface area contributed by atoms with E-state index in [-0.39, 0.29) is 5.91 Å². The number of carbonyl (C=O) groups excluding carboxylic acids is 1.